The number of benzene rings is 1. The van der Waals surface area contributed by atoms with Crippen LogP contribution in [0, 0.1) is 17.5 Å². The summed E-state index contributed by atoms with van der Waals surface area (Å²) >= 11 is 0. The van der Waals surface area contributed by atoms with E-state index in [1.807, 2.05) is 0 Å². The molecule has 17 heavy (non-hydrogen) atoms. The summed E-state index contributed by atoms with van der Waals surface area (Å²) < 4.78 is 37.6. The van der Waals surface area contributed by atoms with E-state index in [0.717, 1.165) is 6.07 Å². The maximum Gasteiger partial charge on any atom is 0.303 e. The summed E-state index contributed by atoms with van der Waals surface area (Å²) in [6.45, 7) is 1.60. The first-order valence-corrected chi connectivity index (χ1v) is 4.50. The van der Waals surface area contributed by atoms with Crippen LogP contribution < -0.4 is 0 Å². The van der Waals surface area contributed by atoms with Crippen molar-refractivity contribution in [2.24, 2.45) is 0 Å². The Labute approximate surface area is 95.2 Å². The first kappa shape index (κ1) is 14.9. The van der Waals surface area contributed by atoms with E-state index >= 15 is 0 Å². The maximum absolute atomic E-state index is 12.6. The van der Waals surface area contributed by atoms with Crippen molar-refractivity contribution in [1.29, 1.82) is 0 Å². The minimum Gasteiger partial charge on any atom is -0.481 e. The molecule has 0 heterocycles. The molecule has 6 heteroatoms. The van der Waals surface area contributed by atoms with E-state index in [-0.39, 0.29) is 6.42 Å². The van der Waals surface area contributed by atoms with Crippen molar-refractivity contribution >= 4 is 18.0 Å². The van der Waals surface area contributed by atoms with Crippen molar-refractivity contribution in [2.75, 3.05) is 0 Å². The molecular weight excluding hydrogens is 237 g/mol. The summed E-state index contributed by atoms with van der Waals surface area (Å²) in [7, 11) is 0. The number of hydrogen-bond acceptors (Lipinski definition) is 2. The van der Waals surface area contributed by atoms with Gasteiger partial charge in [0.25, 0.3) is 0 Å². The van der Waals surface area contributed by atoms with Gasteiger partial charge in [0.2, 0.25) is 0 Å². The quantitative estimate of drug-likeness (QED) is 0.644. The van der Waals surface area contributed by atoms with Gasteiger partial charge >= 0.3 is 5.97 Å². The molecule has 0 aliphatic carbocycles. The topological polar surface area (TPSA) is 54.4 Å². The molecule has 1 N–H and O–H groups in total. The van der Waals surface area contributed by atoms with Gasteiger partial charge in [-0.2, -0.15) is 0 Å². The van der Waals surface area contributed by atoms with Gasteiger partial charge < -0.3 is 5.11 Å². The van der Waals surface area contributed by atoms with Crippen molar-refractivity contribution in [3.8, 4) is 0 Å². The molecule has 0 aromatic heterocycles. The van der Waals surface area contributed by atoms with Gasteiger partial charge in [0.1, 0.15) is 11.8 Å². The zero-order chi connectivity index (χ0) is 13.4. The number of hydrogen-bond donors (Lipinski definition) is 1. The first-order chi connectivity index (χ1) is 7.93. The van der Waals surface area contributed by atoms with Crippen LogP contribution in [0.1, 0.15) is 18.9 Å². The van der Waals surface area contributed by atoms with E-state index in [4.69, 9.17) is 5.11 Å². The van der Waals surface area contributed by atoms with Gasteiger partial charge in [0, 0.05) is 12.5 Å². The second-order valence-electron chi connectivity index (χ2n) is 2.77. The van der Waals surface area contributed by atoms with Gasteiger partial charge in [-0.3, -0.25) is 4.79 Å². The molecule has 0 fully saturated rings. The molecule has 0 aliphatic rings. The lowest BCUT2D eigenvalue weighted by Crippen LogP contribution is -1.92. The number of carbonyl (C=O) groups is 1. The molecule has 0 saturated heterocycles. The molecule has 0 amide bonds. The van der Waals surface area contributed by atoms with Crippen molar-refractivity contribution < 1.29 is 27.9 Å². The lowest BCUT2D eigenvalue weighted by molar-refractivity contribution is -0.136. The second kappa shape index (κ2) is 7.24. The van der Waals surface area contributed by atoms with Crippen LogP contribution in [0.3, 0.4) is 0 Å². The third kappa shape index (κ3) is 4.99. The van der Waals surface area contributed by atoms with Crippen LogP contribution in [0.25, 0.3) is 6.08 Å². The lowest BCUT2D eigenvalue weighted by Gasteiger charge is -1.97. The highest BCUT2D eigenvalue weighted by molar-refractivity contribution is 5.75. The Morgan fingerprint density at radius 2 is 1.82 bits per heavy atom. The van der Waals surface area contributed by atoms with Crippen molar-refractivity contribution in [2.45, 2.75) is 13.3 Å². The van der Waals surface area contributed by atoms with Crippen molar-refractivity contribution in [3.63, 3.8) is 0 Å². The normalized spacial score (nSPS) is 8.71. The highest BCUT2D eigenvalue weighted by Gasteiger charge is 2.10. The monoisotopic (exact) mass is 246 g/mol. The van der Waals surface area contributed by atoms with Crippen molar-refractivity contribution in [3.05, 3.63) is 35.1 Å². The van der Waals surface area contributed by atoms with Crippen LogP contribution >= 0.6 is 0 Å². The Kier molecular flexibility index (Phi) is 6.36. The third-order valence-electron chi connectivity index (χ3n) is 1.59. The van der Waals surface area contributed by atoms with Crippen LogP contribution in [-0.2, 0) is 9.59 Å². The Morgan fingerprint density at radius 3 is 2.24 bits per heavy atom. The third-order valence-corrected chi connectivity index (χ3v) is 1.59. The highest BCUT2D eigenvalue weighted by Crippen LogP contribution is 2.15. The minimum absolute atomic E-state index is 0.222. The fraction of sp³-hybridized carbons (Fsp3) is 0.182. The van der Waals surface area contributed by atoms with Crippen LogP contribution in [0.15, 0.2) is 12.1 Å². The number of carboxylic acids is 1. The van der Waals surface area contributed by atoms with E-state index in [1.54, 1.807) is 6.92 Å². The zero-order valence-electron chi connectivity index (χ0n) is 8.84. The molecule has 92 valence electrons. The molecule has 1 rings (SSSR count). The molecule has 0 unspecified atom stereocenters. The van der Waals surface area contributed by atoms with Gasteiger partial charge in [0.15, 0.2) is 11.6 Å². The standard InChI is InChI=1S/C8H3F3O.C3H6O2/c9-6-1-2-7(10)8(11)5(6)3-4-12;1-2-3(4)5/h1-3H;2H2,1H3,(H,4,5). The average Bonchev–Trinajstić information content (AvgIpc) is 2.30. The summed E-state index contributed by atoms with van der Waals surface area (Å²) in [5.41, 5.74) is -0.704. The molecular formula is C11H9F3O3. The van der Waals surface area contributed by atoms with Gasteiger partial charge in [-0.05, 0) is 12.1 Å². The average molecular weight is 246 g/mol. The summed E-state index contributed by atoms with van der Waals surface area (Å²) in [4.78, 5) is 19.1. The molecule has 0 spiro atoms. The molecule has 0 radical (unpaired) electrons. The summed E-state index contributed by atoms with van der Waals surface area (Å²) in [5.74, 6) is -3.14. The predicted octanol–water partition coefficient (Wildman–Crippen LogP) is 2.43. The molecule has 0 bridgehead atoms. The molecule has 0 atom stereocenters. The SMILES string of the molecule is CCC(=O)O.O=C=Cc1c(F)ccc(F)c1F. The highest BCUT2D eigenvalue weighted by atomic mass is 19.2. The van der Waals surface area contributed by atoms with Gasteiger partial charge in [-0.25, -0.2) is 18.0 Å². The fourth-order valence-electron chi connectivity index (χ4n) is 0.734. The van der Waals surface area contributed by atoms with E-state index < -0.39 is 29.0 Å². The predicted molar refractivity (Wildman–Crippen MR) is 54.4 cm³/mol. The second-order valence-corrected chi connectivity index (χ2v) is 2.77. The number of carboxylic acid groups (broad SMARTS) is 1. The number of aliphatic carboxylic acids is 1. The minimum atomic E-state index is -1.38. The van der Waals surface area contributed by atoms with E-state index in [0.29, 0.717) is 12.1 Å². The maximum atomic E-state index is 12.6. The smallest absolute Gasteiger partial charge is 0.303 e. The number of halogens is 3. The van der Waals surface area contributed by atoms with Gasteiger partial charge in [-0.15, -0.1) is 0 Å². The molecule has 0 saturated carbocycles. The Morgan fingerprint density at radius 1 is 1.35 bits per heavy atom. The van der Waals surface area contributed by atoms with Crippen LogP contribution in [0.2, 0.25) is 0 Å². The van der Waals surface area contributed by atoms with E-state index in [2.05, 4.69) is 0 Å². The zero-order valence-corrected chi connectivity index (χ0v) is 8.84. The van der Waals surface area contributed by atoms with Crippen molar-refractivity contribution in [1.82, 2.24) is 0 Å². The molecule has 1 aromatic rings. The first-order valence-electron chi connectivity index (χ1n) is 4.50. The summed E-state index contributed by atoms with van der Waals surface area (Å²) in [5, 5.41) is 7.72. The summed E-state index contributed by atoms with van der Waals surface area (Å²) in [6, 6.07) is 1.38. The fourth-order valence-corrected chi connectivity index (χ4v) is 0.734. The lowest BCUT2D eigenvalue weighted by atomic mass is 10.2. The summed E-state index contributed by atoms with van der Waals surface area (Å²) in [6.07, 6.45) is 0.730. The number of rotatable bonds is 2. The van der Waals surface area contributed by atoms with Crippen LogP contribution in [0.4, 0.5) is 13.2 Å². The van der Waals surface area contributed by atoms with Gasteiger partial charge in [-0.1, -0.05) is 6.92 Å². The van der Waals surface area contributed by atoms with Gasteiger partial charge in [0.05, 0.1) is 5.56 Å². The largest absolute Gasteiger partial charge is 0.481 e. The van der Waals surface area contributed by atoms with Crippen LogP contribution in [0.5, 0.6) is 0 Å². The Hall–Kier alpha value is -2.07. The molecule has 1 aromatic carbocycles. The Bertz CT molecular complexity index is 452. The van der Waals surface area contributed by atoms with E-state index in [9.17, 15) is 22.8 Å². The molecule has 0 aliphatic heterocycles. The Balaban J connectivity index is 0.000000437. The number of carbonyl (C=O) groups excluding carboxylic acids is 1. The van der Waals surface area contributed by atoms with Crippen LogP contribution in [-0.4, -0.2) is 17.0 Å². The molecule has 3 nitrogen and oxygen atoms in total. The van der Waals surface area contributed by atoms with E-state index in [1.165, 1.54) is 5.94 Å².